The van der Waals surface area contributed by atoms with Gasteiger partial charge in [-0.15, -0.1) is 0 Å². The Morgan fingerprint density at radius 1 is 1.04 bits per heavy atom. The molecule has 8 heteroatoms. The van der Waals surface area contributed by atoms with Crippen LogP contribution in [0.5, 0.6) is 5.75 Å². The van der Waals surface area contributed by atoms with Gasteiger partial charge < -0.3 is 14.8 Å². The molecule has 0 aliphatic heterocycles. The van der Waals surface area contributed by atoms with E-state index in [1.54, 1.807) is 36.4 Å². The third kappa shape index (κ3) is 6.26. The number of sulfonamides is 1. The number of hydrogen-bond acceptors (Lipinski definition) is 5. The maximum Gasteiger partial charge on any atom is 0.261 e. The first-order valence-corrected chi connectivity index (χ1v) is 10.1. The molecule has 0 saturated heterocycles. The molecule has 2 aromatic carbocycles. The summed E-state index contributed by atoms with van der Waals surface area (Å²) in [7, 11) is -2.20. The van der Waals surface area contributed by atoms with Crippen molar-refractivity contribution in [2.75, 3.05) is 31.6 Å². The van der Waals surface area contributed by atoms with E-state index in [1.807, 2.05) is 6.92 Å². The lowest BCUT2D eigenvalue weighted by Crippen LogP contribution is -2.25. The Labute approximate surface area is 159 Å². The van der Waals surface area contributed by atoms with Gasteiger partial charge in [-0.25, -0.2) is 8.42 Å². The molecule has 0 unspecified atom stereocenters. The smallest absolute Gasteiger partial charge is 0.261 e. The van der Waals surface area contributed by atoms with E-state index in [9.17, 15) is 13.2 Å². The number of ether oxygens (including phenoxy) is 2. The molecule has 2 aromatic rings. The Morgan fingerprint density at radius 2 is 1.70 bits per heavy atom. The molecule has 146 valence electrons. The van der Waals surface area contributed by atoms with Gasteiger partial charge in [-0.05, 0) is 61.9 Å². The maximum absolute atomic E-state index is 12.4. The molecule has 0 aliphatic carbocycles. The summed E-state index contributed by atoms with van der Waals surface area (Å²) >= 11 is 0. The number of benzene rings is 2. The zero-order chi connectivity index (χ0) is 19.7. The first kappa shape index (κ1) is 20.7. The third-order valence-electron chi connectivity index (χ3n) is 3.72. The van der Waals surface area contributed by atoms with E-state index < -0.39 is 10.0 Å². The molecule has 27 heavy (non-hydrogen) atoms. The fourth-order valence-corrected chi connectivity index (χ4v) is 3.34. The number of amides is 1. The number of anilines is 1. The second-order valence-electron chi connectivity index (χ2n) is 5.66. The monoisotopic (exact) mass is 392 g/mol. The Hall–Kier alpha value is -2.58. The van der Waals surface area contributed by atoms with E-state index in [0.717, 1.165) is 6.42 Å². The molecular weight excluding hydrogens is 368 g/mol. The number of hydrogen-bond donors (Lipinski definition) is 2. The lowest BCUT2D eigenvalue weighted by molar-refractivity contribution is 0.0944. The van der Waals surface area contributed by atoms with Crippen LogP contribution in [0.25, 0.3) is 0 Å². The highest BCUT2D eigenvalue weighted by Crippen LogP contribution is 2.19. The number of methoxy groups -OCH3 is 1. The molecule has 1 amide bonds. The molecule has 2 N–H and O–H groups in total. The SMILES string of the molecule is CCOCCCNC(=O)c1ccc(NS(=O)(=O)c2ccc(OC)cc2)cc1. The standard InChI is InChI=1S/C19H24N2O5S/c1-3-26-14-4-13-20-19(22)15-5-7-16(8-6-15)21-27(23,24)18-11-9-17(25-2)10-12-18/h5-12,21H,3-4,13-14H2,1-2H3,(H,20,22). The topological polar surface area (TPSA) is 93.7 Å². The minimum absolute atomic E-state index is 0.124. The average Bonchev–Trinajstić information content (AvgIpc) is 2.68. The van der Waals surface area contributed by atoms with Crippen LogP contribution < -0.4 is 14.8 Å². The van der Waals surface area contributed by atoms with Gasteiger partial charge in [0.15, 0.2) is 0 Å². The Balaban J connectivity index is 1.94. The molecule has 0 heterocycles. The Bertz CT molecular complexity index is 833. The lowest BCUT2D eigenvalue weighted by atomic mass is 10.2. The second-order valence-corrected chi connectivity index (χ2v) is 7.35. The zero-order valence-corrected chi connectivity index (χ0v) is 16.2. The van der Waals surface area contributed by atoms with Crippen molar-refractivity contribution in [3.63, 3.8) is 0 Å². The van der Waals surface area contributed by atoms with Crippen molar-refractivity contribution >= 4 is 21.6 Å². The molecular formula is C19H24N2O5S. The predicted molar refractivity (Wildman–Crippen MR) is 104 cm³/mol. The van der Waals surface area contributed by atoms with E-state index in [4.69, 9.17) is 9.47 Å². The summed E-state index contributed by atoms with van der Waals surface area (Å²) in [6.45, 7) is 3.69. The summed E-state index contributed by atoms with van der Waals surface area (Å²) in [6, 6.07) is 12.3. The molecule has 0 aliphatic rings. The minimum atomic E-state index is -3.71. The van der Waals surface area contributed by atoms with Crippen LogP contribution in [-0.2, 0) is 14.8 Å². The van der Waals surface area contributed by atoms with Gasteiger partial charge in [0, 0.05) is 31.0 Å². The fourth-order valence-electron chi connectivity index (χ4n) is 2.28. The number of carbonyl (C=O) groups excluding carboxylic acids is 1. The van der Waals surface area contributed by atoms with E-state index in [2.05, 4.69) is 10.0 Å². The molecule has 7 nitrogen and oxygen atoms in total. The third-order valence-corrected chi connectivity index (χ3v) is 5.12. The van der Waals surface area contributed by atoms with Crippen molar-refractivity contribution in [1.29, 1.82) is 0 Å². The summed E-state index contributed by atoms with van der Waals surface area (Å²) in [5, 5.41) is 2.79. The highest BCUT2D eigenvalue weighted by Gasteiger charge is 2.14. The minimum Gasteiger partial charge on any atom is -0.497 e. The fraction of sp³-hybridized carbons (Fsp3) is 0.316. The van der Waals surface area contributed by atoms with Crippen molar-refractivity contribution in [2.24, 2.45) is 0 Å². The van der Waals surface area contributed by atoms with Gasteiger partial charge >= 0.3 is 0 Å². The van der Waals surface area contributed by atoms with Crippen LogP contribution in [0.1, 0.15) is 23.7 Å². The molecule has 0 fully saturated rings. The Kier molecular flexibility index (Phi) is 7.63. The van der Waals surface area contributed by atoms with Crippen LogP contribution in [-0.4, -0.2) is 41.2 Å². The average molecular weight is 392 g/mol. The van der Waals surface area contributed by atoms with Gasteiger partial charge in [0.1, 0.15) is 5.75 Å². The first-order valence-electron chi connectivity index (χ1n) is 8.59. The predicted octanol–water partition coefficient (Wildman–Crippen LogP) is 2.65. The molecule has 0 radical (unpaired) electrons. The summed E-state index contributed by atoms with van der Waals surface area (Å²) in [5.41, 5.74) is 0.831. The zero-order valence-electron chi connectivity index (χ0n) is 15.4. The van der Waals surface area contributed by atoms with E-state index in [1.165, 1.54) is 19.2 Å². The quantitative estimate of drug-likeness (QED) is 0.606. The highest BCUT2D eigenvalue weighted by molar-refractivity contribution is 7.92. The van der Waals surface area contributed by atoms with Crippen LogP contribution in [0.15, 0.2) is 53.4 Å². The number of carbonyl (C=O) groups is 1. The maximum atomic E-state index is 12.4. The van der Waals surface area contributed by atoms with Gasteiger partial charge in [0.25, 0.3) is 15.9 Å². The van der Waals surface area contributed by atoms with E-state index in [-0.39, 0.29) is 10.8 Å². The lowest BCUT2D eigenvalue weighted by Gasteiger charge is -2.10. The summed E-state index contributed by atoms with van der Waals surface area (Å²) in [6.07, 6.45) is 0.735. The summed E-state index contributed by atoms with van der Waals surface area (Å²) in [5.74, 6) is 0.363. The summed E-state index contributed by atoms with van der Waals surface area (Å²) in [4.78, 5) is 12.2. The van der Waals surface area contributed by atoms with Gasteiger partial charge in [0.2, 0.25) is 0 Å². The number of rotatable bonds is 10. The molecule has 0 atom stereocenters. The summed E-state index contributed by atoms with van der Waals surface area (Å²) < 4.78 is 37.5. The molecule has 2 rings (SSSR count). The second kappa shape index (κ2) is 9.94. The molecule has 0 aromatic heterocycles. The molecule has 0 saturated carbocycles. The van der Waals surface area contributed by atoms with Crippen LogP contribution in [0, 0.1) is 0 Å². The Morgan fingerprint density at radius 3 is 2.30 bits per heavy atom. The van der Waals surface area contributed by atoms with Crippen molar-refractivity contribution in [3.05, 3.63) is 54.1 Å². The van der Waals surface area contributed by atoms with Crippen molar-refractivity contribution in [3.8, 4) is 5.75 Å². The van der Waals surface area contributed by atoms with E-state index in [0.29, 0.717) is 36.8 Å². The molecule has 0 spiro atoms. The van der Waals surface area contributed by atoms with Gasteiger partial charge in [-0.1, -0.05) is 0 Å². The first-order chi connectivity index (χ1) is 13.0. The molecule has 0 bridgehead atoms. The highest BCUT2D eigenvalue weighted by atomic mass is 32.2. The van der Waals surface area contributed by atoms with Crippen LogP contribution >= 0.6 is 0 Å². The van der Waals surface area contributed by atoms with Gasteiger partial charge in [-0.3, -0.25) is 9.52 Å². The normalized spacial score (nSPS) is 11.0. The largest absolute Gasteiger partial charge is 0.497 e. The van der Waals surface area contributed by atoms with Crippen LogP contribution in [0.3, 0.4) is 0 Å². The van der Waals surface area contributed by atoms with Crippen molar-refractivity contribution in [1.82, 2.24) is 5.32 Å². The van der Waals surface area contributed by atoms with Gasteiger partial charge in [0.05, 0.1) is 12.0 Å². The van der Waals surface area contributed by atoms with Crippen molar-refractivity contribution in [2.45, 2.75) is 18.2 Å². The van der Waals surface area contributed by atoms with Crippen LogP contribution in [0.2, 0.25) is 0 Å². The van der Waals surface area contributed by atoms with Gasteiger partial charge in [-0.2, -0.15) is 0 Å². The van der Waals surface area contributed by atoms with Crippen molar-refractivity contribution < 1.29 is 22.7 Å². The van der Waals surface area contributed by atoms with E-state index >= 15 is 0 Å². The number of nitrogens with one attached hydrogen (secondary N) is 2. The van der Waals surface area contributed by atoms with Crippen LogP contribution in [0.4, 0.5) is 5.69 Å².